The zero-order valence-electron chi connectivity index (χ0n) is 12.8. The summed E-state index contributed by atoms with van der Waals surface area (Å²) in [5.74, 6) is -1.08. The van der Waals surface area contributed by atoms with Crippen molar-refractivity contribution in [1.82, 2.24) is 0 Å². The molecule has 0 heterocycles. The van der Waals surface area contributed by atoms with Crippen molar-refractivity contribution in [3.05, 3.63) is 58.3 Å². The van der Waals surface area contributed by atoms with Gasteiger partial charge in [0.1, 0.15) is 12.4 Å². The fraction of sp³-hybridized carbons (Fsp3) is 0.176. The summed E-state index contributed by atoms with van der Waals surface area (Å²) in [4.78, 5) is 25.4. The normalized spacial score (nSPS) is 10.3. The third-order valence-corrected chi connectivity index (χ3v) is 3.73. The molecule has 2 aromatic carbocycles. The average Bonchev–Trinajstić information content (AvgIpc) is 2.45. The molecule has 0 spiro atoms. The highest BCUT2D eigenvalue weighted by molar-refractivity contribution is 9.10. The number of nitrogens with one attached hydrogen (secondary N) is 1. The Morgan fingerprint density at radius 3 is 2.57 bits per heavy atom. The lowest BCUT2D eigenvalue weighted by atomic mass is 10.2. The second kappa shape index (κ2) is 7.37. The van der Waals surface area contributed by atoms with Crippen molar-refractivity contribution in [2.45, 2.75) is 13.8 Å². The Morgan fingerprint density at radius 1 is 1.22 bits per heavy atom. The van der Waals surface area contributed by atoms with Crippen LogP contribution in [0.3, 0.4) is 0 Å². The number of nitrogens with zero attached hydrogens (tertiary/aromatic N) is 1. The molecular formula is C17H16BrFN2O2. The summed E-state index contributed by atoms with van der Waals surface area (Å²) >= 11 is 3.37. The third kappa shape index (κ3) is 4.63. The van der Waals surface area contributed by atoms with Crippen LogP contribution >= 0.6 is 15.9 Å². The molecule has 2 amide bonds. The van der Waals surface area contributed by atoms with Gasteiger partial charge in [0, 0.05) is 22.8 Å². The molecule has 0 saturated heterocycles. The molecule has 0 aliphatic rings. The van der Waals surface area contributed by atoms with Gasteiger partial charge in [-0.2, -0.15) is 0 Å². The van der Waals surface area contributed by atoms with E-state index in [9.17, 15) is 14.0 Å². The lowest BCUT2D eigenvalue weighted by molar-refractivity contribution is -0.120. The molecule has 0 bridgehead atoms. The zero-order valence-corrected chi connectivity index (χ0v) is 14.4. The van der Waals surface area contributed by atoms with E-state index < -0.39 is 11.7 Å². The average molecular weight is 379 g/mol. The van der Waals surface area contributed by atoms with Gasteiger partial charge in [0.15, 0.2) is 0 Å². The predicted octanol–water partition coefficient (Wildman–Crippen LogP) is 3.89. The van der Waals surface area contributed by atoms with Crippen molar-refractivity contribution in [2.75, 3.05) is 16.8 Å². The maximum Gasteiger partial charge on any atom is 0.244 e. The summed E-state index contributed by atoms with van der Waals surface area (Å²) in [6.45, 7) is 3.12. The molecule has 0 radical (unpaired) electrons. The van der Waals surface area contributed by atoms with Gasteiger partial charge >= 0.3 is 0 Å². The molecule has 0 atom stereocenters. The number of amides is 2. The number of benzene rings is 2. The molecule has 0 aliphatic heterocycles. The first kappa shape index (κ1) is 17.1. The maximum absolute atomic E-state index is 13.1. The summed E-state index contributed by atoms with van der Waals surface area (Å²) in [6.07, 6.45) is 0. The Bertz CT molecular complexity index is 749. The van der Waals surface area contributed by atoms with E-state index in [1.54, 1.807) is 12.1 Å². The first-order chi connectivity index (χ1) is 10.9. The molecule has 120 valence electrons. The quantitative estimate of drug-likeness (QED) is 0.877. The van der Waals surface area contributed by atoms with Crippen LogP contribution in [0.25, 0.3) is 0 Å². The second-order valence-corrected chi connectivity index (χ2v) is 6.01. The van der Waals surface area contributed by atoms with Crippen LogP contribution in [0.5, 0.6) is 0 Å². The van der Waals surface area contributed by atoms with Crippen molar-refractivity contribution in [1.29, 1.82) is 0 Å². The molecular weight excluding hydrogens is 363 g/mol. The Labute approximate surface area is 142 Å². The van der Waals surface area contributed by atoms with Gasteiger partial charge in [-0.15, -0.1) is 0 Å². The van der Waals surface area contributed by atoms with Crippen LogP contribution in [0.15, 0.2) is 46.9 Å². The van der Waals surface area contributed by atoms with Crippen LogP contribution in [0.2, 0.25) is 0 Å². The molecule has 4 nitrogen and oxygen atoms in total. The Kier molecular flexibility index (Phi) is 5.50. The van der Waals surface area contributed by atoms with Crippen LogP contribution in [0.1, 0.15) is 12.5 Å². The van der Waals surface area contributed by atoms with Crippen molar-refractivity contribution < 1.29 is 14.0 Å². The van der Waals surface area contributed by atoms with E-state index in [2.05, 4.69) is 21.2 Å². The highest BCUT2D eigenvalue weighted by atomic mass is 79.9. The Balaban J connectivity index is 2.16. The topological polar surface area (TPSA) is 49.4 Å². The SMILES string of the molecule is CC(=O)N(CC(=O)Nc1cccc(F)c1)c1ccc(Br)cc1C. The number of anilines is 2. The first-order valence-electron chi connectivity index (χ1n) is 6.96. The van der Waals surface area contributed by atoms with Gasteiger partial charge in [-0.1, -0.05) is 22.0 Å². The third-order valence-electron chi connectivity index (χ3n) is 3.24. The largest absolute Gasteiger partial charge is 0.324 e. The van der Waals surface area contributed by atoms with Gasteiger partial charge in [0.2, 0.25) is 11.8 Å². The number of aryl methyl sites for hydroxylation is 1. The van der Waals surface area contributed by atoms with Crippen LogP contribution < -0.4 is 10.2 Å². The fourth-order valence-electron chi connectivity index (χ4n) is 2.20. The zero-order chi connectivity index (χ0) is 17.0. The Morgan fingerprint density at radius 2 is 1.96 bits per heavy atom. The molecule has 0 aliphatic carbocycles. The van der Waals surface area contributed by atoms with Gasteiger partial charge < -0.3 is 10.2 Å². The highest BCUT2D eigenvalue weighted by Crippen LogP contribution is 2.24. The van der Waals surface area contributed by atoms with E-state index in [4.69, 9.17) is 0 Å². The van der Waals surface area contributed by atoms with Gasteiger partial charge in [0.25, 0.3) is 0 Å². The maximum atomic E-state index is 13.1. The van der Waals surface area contributed by atoms with E-state index >= 15 is 0 Å². The van der Waals surface area contributed by atoms with E-state index in [1.165, 1.54) is 30.0 Å². The van der Waals surface area contributed by atoms with Crippen LogP contribution in [-0.2, 0) is 9.59 Å². The van der Waals surface area contributed by atoms with Crippen molar-refractivity contribution in [3.8, 4) is 0 Å². The molecule has 6 heteroatoms. The second-order valence-electron chi connectivity index (χ2n) is 5.09. The molecule has 0 aromatic heterocycles. The monoisotopic (exact) mass is 378 g/mol. The number of halogens is 2. The first-order valence-corrected chi connectivity index (χ1v) is 7.76. The standard InChI is InChI=1S/C17H16BrFN2O2/c1-11-8-13(18)6-7-16(11)21(12(2)22)10-17(23)20-15-5-3-4-14(19)9-15/h3-9H,10H2,1-2H3,(H,20,23). The number of carbonyl (C=O) groups is 2. The predicted molar refractivity (Wildman–Crippen MR) is 91.9 cm³/mol. The van der Waals surface area contributed by atoms with Crippen molar-refractivity contribution in [3.63, 3.8) is 0 Å². The van der Waals surface area contributed by atoms with Gasteiger partial charge in [-0.05, 0) is 48.9 Å². The van der Waals surface area contributed by atoms with Gasteiger partial charge in [0.05, 0.1) is 0 Å². The molecule has 2 aromatic rings. The molecule has 23 heavy (non-hydrogen) atoms. The molecule has 0 saturated carbocycles. The minimum Gasteiger partial charge on any atom is -0.324 e. The molecule has 0 unspecified atom stereocenters. The van der Waals surface area contributed by atoms with Crippen molar-refractivity contribution in [2.24, 2.45) is 0 Å². The van der Waals surface area contributed by atoms with Gasteiger partial charge in [-0.3, -0.25) is 9.59 Å². The smallest absolute Gasteiger partial charge is 0.244 e. The van der Waals surface area contributed by atoms with E-state index in [-0.39, 0.29) is 12.5 Å². The van der Waals surface area contributed by atoms with Gasteiger partial charge in [-0.25, -0.2) is 4.39 Å². The molecule has 2 rings (SSSR count). The fourth-order valence-corrected chi connectivity index (χ4v) is 2.67. The number of hydrogen-bond acceptors (Lipinski definition) is 2. The van der Waals surface area contributed by atoms with E-state index in [1.807, 2.05) is 19.1 Å². The summed E-state index contributed by atoms with van der Waals surface area (Å²) in [5, 5.41) is 2.59. The number of hydrogen-bond donors (Lipinski definition) is 1. The Hall–Kier alpha value is -2.21. The van der Waals surface area contributed by atoms with Crippen molar-refractivity contribution >= 4 is 39.1 Å². The molecule has 0 fully saturated rings. The summed E-state index contributed by atoms with van der Waals surface area (Å²) in [6, 6.07) is 11.1. The number of rotatable bonds is 4. The molecule has 1 N–H and O–H groups in total. The van der Waals surface area contributed by atoms with E-state index in [0.717, 1.165) is 10.0 Å². The lowest BCUT2D eigenvalue weighted by Gasteiger charge is -2.22. The van der Waals surface area contributed by atoms with Crippen LogP contribution in [0.4, 0.5) is 15.8 Å². The minimum atomic E-state index is -0.435. The summed E-state index contributed by atoms with van der Waals surface area (Å²) < 4.78 is 14.0. The lowest BCUT2D eigenvalue weighted by Crippen LogP contribution is -2.37. The minimum absolute atomic E-state index is 0.145. The summed E-state index contributed by atoms with van der Waals surface area (Å²) in [7, 11) is 0. The highest BCUT2D eigenvalue weighted by Gasteiger charge is 2.18. The van der Waals surface area contributed by atoms with E-state index in [0.29, 0.717) is 11.4 Å². The summed E-state index contributed by atoms with van der Waals surface area (Å²) in [5.41, 5.74) is 1.88. The van der Waals surface area contributed by atoms with Crippen LogP contribution in [0, 0.1) is 12.7 Å². The van der Waals surface area contributed by atoms with Crippen LogP contribution in [-0.4, -0.2) is 18.4 Å². The number of carbonyl (C=O) groups excluding carboxylic acids is 2.